The lowest BCUT2D eigenvalue weighted by atomic mass is 10.3. The maximum atomic E-state index is 10.8. The predicted molar refractivity (Wildman–Crippen MR) is 32.4 cm³/mol. The summed E-state index contributed by atoms with van der Waals surface area (Å²) in [4.78, 5) is 21.1. The zero-order chi connectivity index (χ0) is 8.43. The first-order valence-electron chi connectivity index (χ1n) is 3.04. The van der Waals surface area contributed by atoms with E-state index >= 15 is 0 Å². The Bertz CT molecular complexity index is 187. The van der Waals surface area contributed by atoms with Gasteiger partial charge < -0.3 is 9.47 Å². The molecule has 0 bridgehead atoms. The molecule has 0 radical (unpaired) electrons. The zero-order valence-electron chi connectivity index (χ0n) is 6.20. The summed E-state index contributed by atoms with van der Waals surface area (Å²) in [5.74, 6) is -0.902. The summed E-state index contributed by atoms with van der Waals surface area (Å²) in [6.45, 7) is 1.21. The highest BCUT2D eigenvalue weighted by Gasteiger charge is 2.43. The third-order valence-corrected chi connectivity index (χ3v) is 1.20. The second-order valence-electron chi connectivity index (χ2n) is 2.05. The standard InChI is InChI=1S/C6H8O5/c1-3(7)10-6-4(8)5(9-2)11-6/h5-6H,1-2H3. The van der Waals surface area contributed by atoms with Gasteiger partial charge in [0.05, 0.1) is 0 Å². The van der Waals surface area contributed by atoms with Gasteiger partial charge in [-0.15, -0.1) is 0 Å². The molecule has 2 atom stereocenters. The van der Waals surface area contributed by atoms with E-state index in [0.717, 1.165) is 0 Å². The van der Waals surface area contributed by atoms with Crippen molar-refractivity contribution >= 4 is 11.8 Å². The van der Waals surface area contributed by atoms with Gasteiger partial charge >= 0.3 is 5.97 Å². The molecule has 0 amide bonds. The summed E-state index contributed by atoms with van der Waals surface area (Å²) in [5.41, 5.74) is 0. The summed E-state index contributed by atoms with van der Waals surface area (Å²) < 4.78 is 13.7. The van der Waals surface area contributed by atoms with E-state index < -0.39 is 18.5 Å². The first-order chi connectivity index (χ1) is 5.15. The number of rotatable bonds is 2. The Morgan fingerprint density at radius 2 is 2.18 bits per heavy atom. The number of Topliss-reactive ketones (excluding diaryl/α,β-unsaturated/α-hetero) is 1. The van der Waals surface area contributed by atoms with Crippen LogP contribution in [0, 0.1) is 0 Å². The molecule has 11 heavy (non-hydrogen) atoms. The summed E-state index contributed by atoms with van der Waals surface area (Å²) in [5, 5.41) is 0. The average molecular weight is 160 g/mol. The molecule has 5 nitrogen and oxygen atoms in total. The first kappa shape index (κ1) is 8.16. The number of ether oxygens (including phenoxy) is 3. The van der Waals surface area contributed by atoms with Gasteiger partial charge in [0, 0.05) is 14.0 Å². The Morgan fingerprint density at radius 1 is 1.55 bits per heavy atom. The predicted octanol–water partition coefficient (Wildman–Crippen LogP) is -0.553. The van der Waals surface area contributed by atoms with Gasteiger partial charge in [-0.25, -0.2) is 0 Å². The third kappa shape index (κ3) is 1.55. The quantitative estimate of drug-likeness (QED) is 0.507. The first-order valence-corrected chi connectivity index (χ1v) is 3.04. The van der Waals surface area contributed by atoms with E-state index in [1.807, 2.05) is 0 Å². The van der Waals surface area contributed by atoms with Crippen LogP contribution in [0.25, 0.3) is 0 Å². The lowest BCUT2D eigenvalue weighted by molar-refractivity contribution is -0.276. The summed E-state index contributed by atoms with van der Waals surface area (Å²) in [6, 6.07) is 0. The van der Waals surface area contributed by atoms with Crippen molar-refractivity contribution < 1.29 is 23.8 Å². The highest BCUT2D eigenvalue weighted by molar-refractivity contribution is 5.90. The van der Waals surface area contributed by atoms with E-state index in [2.05, 4.69) is 9.47 Å². The number of ketones is 1. The third-order valence-electron chi connectivity index (χ3n) is 1.20. The fourth-order valence-corrected chi connectivity index (χ4v) is 0.693. The van der Waals surface area contributed by atoms with Crippen molar-refractivity contribution in [1.82, 2.24) is 0 Å². The van der Waals surface area contributed by atoms with Crippen molar-refractivity contribution in [2.45, 2.75) is 19.5 Å². The molecule has 1 fully saturated rings. The van der Waals surface area contributed by atoms with Gasteiger partial charge in [-0.3, -0.25) is 14.3 Å². The summed E-state index contributed by atoms with van der Waals surface area (Å²) >= 11 is 0. The van der Waals surface area contributed by atoms with E-state index in [4.69, 9.17) is 4.74 Å². The van der Waals surface area contributed by atoms with Crippen molar-refractivity contribution in [3.05, 3.63) is 0 Å². The monoisotopic (exact) mass is 160 g/mol. The number of hydrogen-bond acceptors (Lipinski definition) is 5. The minimum atomic E-state index is -1.06. The fourth-order valence-electron chi connectivity index (χ4n) is 0.693. The minimum absolute atomic E-state index is 0.359. The van der Waals surface area contributed by atoms with Crippen LogP contribution in [0.2, 0.25) is 0 Å². The van der Waals surface area contributed by atoms with Gasteiger partial charge in [-0.2, -0.15) is 0 Å². The van der Waals surface area contributed by atoms with Gasteiger partial charge in [0.2, 0.25) is 6.29 Å². The summed E-state index contributed by atoms with van der Waals surface area (Å²) in [7, 11) is 1.34. The molecular formula is C6H8O5. The maximum absolute atomic E-state index is 10.8. The second-order valence-corrected chi connectivity index (χ2v) is 2.05. The lowest BCUT2D eigenvalue weighted by Gasteiger charge is -2.30. The number of esters is 1. The van der Waals surface area contributed by atoms with E-state index in [9.17, 15) is 9.59 Å². The number of carbonyl (C=O) groups is 2. The molecule has 1 heterocycles. The molecule has 1 aliphatic heterocycles. The van der Waals surface area contributed by atoms with Crippen LogP contribution < -0.4 is 0 Å². The van der Waals surface area contributed by atoms with E-state index in [0.29, 0.717) is 0 Å². The second kappa shape index (κ2) is 2.98. The van der Waals surface area contributed by atoms with Gasteiger partial charge in [-0.1, -0.05) is 0 Å². The van der Waals surface area contributed by atoms with Gasteiger partial charge in [0.1, 0.15) is 0 Å². The highest BCUT2D eigenvalue weighted by atomic mass is 16.8. The van der Waals surface area contributed by atoms with Crippen molar-refractivity contribution in [2.24, 2.45) is 0 Å². The number of methoxy groups -OCH3 is 1. The van der Waals surface area contributed by atoms with Crippen LogP contribution >= 0.6 is 0 Å². The SMILES string of the molecule is COC1OC(OC(C)=O)C1=O. The molecule has 2 unspecified atom stereocenters. The molecule has 0 aromatic carbocycles. The average Bonchev–Trinajstić information content (AvgIpc) is 1.96. The van der Waals surface area contributed by atoms with Crippen LogP contribution in [0.3, 0.4) is 0 Å². The van der Waals surface area contributed by atoms with E-state index in [-0.39, 0.29) is 5.78 Å². The Balaban J connectivity index is 2.33. The Labute approximate surface area is 63.2 Å². The molecule has 1 aliphatic rings. The van der Waals surface area contributed by atoms with Crippen LogP contribution in [0.4, 0.5) is 0 Å². The number of carbonyl (C=O) groups excluding carboxylic acids is 2. The van der Waals surface area contributed by atoms with E-state index in [1.165, 1.54) is 14.0 Å². The molecule has 0 spiro atoms. The lowest BCUT2D eigenvalue weighted by Crippen LogP contribution is -2.52. The zero-order valence-corrected chi connectivity index (χ0v) is 6.20. The Morgan fingerprint density at radius 3 is 2.55 bits per heavy atom. The van der Waals surface area contributed by atoms with E-state index in [1.54, 1.807) is 0 Å². The largest absolute Gasteiger partial charge is 0.428 e. The van der Waals surface area contributed by atoms with Crippen LogP contribution in [0.5, 0.6) is 0 Å². The maximum Gasteiger partial charge on any atom is 0.305 e. The molecule has 1 rings (SSSR count). The smallest absolute Gasteiger partial charge is 0.305 e. The summed E-state index contributed by atoms with van der Waals surface area (Å²) in [6.07, 6.45) is -1.92. The van der Waals surface area contributed by atoms with Crippen LogP contribution in [-0.4, -0.2) is 31.4 Å². The molecular weight excluding hydrogens is 152 g/mol. The van der Waals surface area contributed by atoms with Crippen molar-refractivity contribution in [3.63, 3.8) is 0 Å². The topological polar surface area (TPSA) is 61.8 Å². The Kier molecular flexibility index (Phi) is 2.21. The van der Waals surface area contributed by atoms with Gasteiger partial charge in [0.15, 0.2) is 0 Å². The highest BCUT2D eigenvalue weighted by Crippen LogP contribution is 2.17. The van der Waals surface area contributed by atoms with Crippen LogP contribution in [0.1, 0.15) is 6.92 Å². The molecule has 1 saturated heterocycles. The minimum Gasteiger partial charge on any atom is -0.428 e. The molecule has 0 aliphatic carbocycles. The molecule has 0 saturated carbocycles. The van der Waals surface area contributed by atoms with Crippen molar-refractivity contribution in [3.8, 4) is 0 Å². The molecule has 0 N–H and O–H groups in total. The number of hydrogen-bond donors (Lipinski definition) is 0. The van der Waals surface area contributed by atoms with Crippen LogP contribution in [-0.2, 0) is 23.8 Å². The van der Waals surface area contributed by atoms with Crippen molar-refractivity contribution in [2.75, 3.05) is 7.11 Å². The van der Waals surface area contributed by atoms with Crippen LogP contribution in [0.15, 0.2) is 0 Å². The Hall–Kier alpha value is -0.940. The van der Waals surface area contributed by atoms with Gasteiger partial charge in [-0.05, 0) is 0 Å². The molecule has 0 aromatic heterocycles. The molecule has 62 valence electrons. The fraction of sp³-hybridized carbons (Fsp3) is 0.667. The van der Waals surface area contributed by atoms with Crippen molar-refractivity contribution in [1.29, 1.82) is 0 Å². The normalized spacial score (nSPS) is 29.5. The molecule has 5 heteroatoms. The molecule has 0 aromatic rings. The van der Waals surface area contributed by atoms with Gasteiger partial charge in [0.25, 0.3) is 12.1 Å².